The van der Waals surface area contributed by atoms with Gasteiger partial charge in [0.2, 0.25) is 5.91 Å². The zero-order valence-electron chi connectivity index (χ0n) is 12.1. The van der Waals surface area contributed by atoms with E-state index in [-0.39, 0.29) is 6.61 Å². The van der Waals surface area contributed by atoms with Gasteiger partial charge in [0.25, 0.3) is 0 Å². The Hall–Kier alpha value is -1.01. The van der Waals surface area contributed by atoms with Crippen LogP contribution in [0.5, 0.6) is 5.75 Å². The molecule has 0 aromatic heterocycles. The first-order chi connectivity index (χ1) is 9.95. The Labute approximate surface area is 134 Å². The van der Waals surface area contributed by atoms with Crippen LogP contribution in [0, 0.1) is 5.92 Å². The molecule has 0 saturated heterocycles. The zero-order valence-corrected chi connectivity index (χ0v) is 13.6. The molecule has 7 heteroatoms. The Morgan fingerprint density at radius 1 is 1.43 bits per heavy atom. The van der Waals surface area contributed by atoms with E-state index in [2.05, 4.69) is 5.32 Å². The lowest BCUT2D eigenvalue weighted by Gasteiger charge is -2.16. The normalized spacial score (nSPS) is 12.2. The minimum Gasteiger partial charge on any atom is -0.491 e. The van der Waals surface area contributed by atoms with Gasteiger partial charge in [0.1, 0.15) is 5.75 Å². The molecule has 1 aromatic carbocycles. The number of benzene rings is 1. The summed E-state index contributed by atoms with van der Waals surface area (Å²) in [5.74, 6) is -0.301. The molecule has 1 atom stereocenters. The Balaban J connectivity index is 2.77. The van der Waals surface area contributed by atoms with E-state index < -0.39 is 11.8 Å². The smallest absolute Gasteiger partial charge is 0.223 e. The molecule has 0 heterocycles. The van der Waals surface area contributed by atoms with Crippen LogP contribution in [0.4, 0.5) is 0 Å². The van der Waals surface area contributed by atoms with Crippen LogP contribution < -0.4 is 15.8 Å². The second-order valence-corrected chi connectivity index (χ2v) is 5.50. The lowest BCUT2D eigenvalue weighted by atomic mass is 10.1. The minimum absolute atomic E-state index is 0.168. The number of amides is 1. The van der Waals surface area contributed by atoms with Gasteiger partial charge in [0.05, 0.1) is 24.2 Å². The number of carbonyl (C=O) groups excluding carboxylic acids is 1. The third kappa shape index (κ3) is 6.09. The number of ether oxygens (including phenoxy) is 2. The zero-order chi connectivity index (χ0) is 15.8. The van der Waals surface area contributed by atoms with Crippen molar-refractivity contribution in [2.45, 2.75) is 13.5 Å². The highest BCUT2D eigenvalue weighted by atomic mass is 35.5. The van der Waals surface area contributed by atoms with Gasteiger partial charge >= 0.3 is 0 Å². The highest BCUT2D eigenvalue weighted by Crippen LogP contribution is 2.32. The number of nitrogens with one attached hydrogen (secondary N) is 1. The van der Waals surface area contributed by atoms with Crippen LogP contribution in [0.2, 0.25) is 10.0 Å². The monoisotopic (exact) mass is 334 g/mol. The molecule has 1 unspecified atom stereocenters. The average Bonchev–Trinajstić information content (AvgIpc) is 2.42. The number of primary amides is 1. The number of hydrogen-bond donors (Lipinski definition) is 2. The molecular formula is C14H20Cl2N2O3. The summed E-state index contributed by atoms with van der Waals surface area (Å²) in [5, 5.41) is 4.13. The fourth-order valence-corrected chi connectivity index (χ4v) is 2.18. The molecule has 0 aliphatic carbocycles. The van der Waals surface area contributed by atoms with Crippen LogP contribution in [0.25, 0.3) is 0 Å². The van der Waals surface area contributed by atoms with Gasteiger partial charge in [-0.15, -0.1) is 0 Å². The van der Waals surface area contributed by atoms with Crippen molar-refractivity contribution in [3.63, 3.8) is 0 Å². The highest BCUT2D eigenvalue weighted by Gasteiger charge is 2.14. The molecule has 3 N–H and O–H groups in total. The van der Waals surface area contributed by atoms with E-state index in [0.29, 0.717) is 35.5 Å². The summed E-state index contributed by atoms with van der Waals surface area (Å²) in [6.07, 6.45) is 0. The van der Waals surface area contributed by atoms with Crippen LogP contribution in [0.1, 0.15) is 12.5 Å². The molecule has 0 aliphatic rings. The van der Waals surface area contributed by atoms with E-state index in [1.165, 1.54) is 0 Å². The van der Waals surface area contributed by atoms with E-state index in [1.54, 1.807) is 26.2 Å². The van der Waals surface area contributed by atoms with E-state index in [4.69, 9.17) is 38.4 Å². The van der Waals surface area contributed by atoms with E-state index >= 15 is 0 Å². The number of carbonyl (C=O) groups is 1. The summed E-state index contributed by atoms with van der Waals surface area (Å²) < 4.78 is 10.6. The van der Waals surface area contributed by atoms with Crippen molar-refractivity contribution in [3.05, 3.63) is 27.7 Å². The maximum absolute atomic E-state index is 11.1. The Morgan fingerprint density at radius 2 is 2.14 bits per heavy atom. The fraction of sp³-hybridized carbons (Fsp3) is 0.500. The largest absolute Gasteiger partial charge is 0.491 e. The van der Waals surface area contributed by atoms with Crippen molar-refractivity contribution in [2.24, 2.45) is 11.7 Å². The van der Waals surface area contributed by atoms with Crippen LogP contribution in [-0.2, 0) is 16.1 Å². The lowest BCUT2D eigenvalue weighted by molar-refractivity contribution is -0.122. The molecule has 0 saturated carbocycles. The number of methoxy groups -OCH3 is 1. The van der Waals surface area contributed by atoms with Gasteiger partial charge in [-0.1, -0.05) is 30.1 Å². The molecule has 5 nitrogen and oxygen atoms in total. The van der Waals surface area contributed by atoms with E-state index in [1.807, 2.05) is 0 Å². The Morgan fingerprint density at radius 3 is 2.76 bits per heavy atom. The van der Waals surface area contributed by atoms with Crippen molar-refractivity contribution < 1.29 is 14.3 Å². The maximum Gasteiger partial charge on any atom is 0.223 e. The van der Waals surface area contributed by atoms with Gasteiger partial charge in [-0.2, -0.15) is 0 Å². The fourth-order valence-electron chi connectivity index (χ4n) is 1.59. The molecule has 21 heavy (non-hydrogen) atoms. The summed E-state index contributed by atoms with van der Waals surface area (Å²) in [5.41, 5.74) is 6.03. The summed E-state index contributed by atoms with van der Waals surface area (Å²) in [6.45, 7) is 3.69. The molecule has 0 radical (unpaired) electrons. The van der Waals surface area contributed by atoms with Gasteiger partial charge in [-0.3, -0.25) is 4.79 Å². The van der Waals surface area contributed by atoms with Crippen molar-refractivity contribution >= 4 is 29.1 Å². The van der Waals surface area contributed by atoms with Gasteiger partial charge in [-0.25, -0.2) is 0 Å². The van der Waals surface area contributed by atoms with Gasteiger partial charge < -0.3 is 20.5 Å². The molecule has 0 fully saturated rings. The second-order valence-electron chi connectivity index (χ2n) is 4.66. The first kappa shape index (κ1) is 18.0. The van der Waals surface area contributed by atoms with Gasteiger partial charge in [-0.05, 0) is 12.1 Å². The summed E-state index contributed by atoms with van der Waals surface area (Å²) in [4.78, 5) is 11.1. The lowest BCUT2D eigenvalue weighted by Crippen LogP contribution is -2.26. The average molecular weight is 335 g/mol. The molecule has 1 amide bonds. The van der Waals surface area contributed by atoms with Crippen LogP contribution in [0.15, 0.2) is 12.1 Å². The molecule has 0 aliphatic heterocycles. The van der Waals surface area contributed by atoms with E-state index in [9.17, 15) is 4.79 Å². The summed E-state index contributed by atoms with van der Waals surface area (Å²) in [7, 11) is 1.64. The highest BCUT2D eigenvalue weighted by molar-refractivity contribution is 6.35. The molecular weight excluding hydrogens is 315 g/mol. The summed E-state index contributed by atoms with van der Waals surface area (Å²) >= 11 is 12.2. The Bertz CT molecular complexity index is 484. The van der Waals surface area contributed by atoms with Crippen molar-refractivity contribution in [1.29, 1.82) is 0 Å². The predicted molar refractivity (Wildman–Crippen MR) is 83.9 cm³/mol. The van der Waals surface area contributed by atoms with Crippen LogP contribution >= 0.6 is 23.2 Å². The van der Waals surface area contributed by atoms with Crippen LogP contribution in [-0.4, -0.2) is 32.8 Å². The summed E-state index contributed by atoms with van der Waals surface area (Å²) in [6, 6.07) is 3.38. The SMILES string of the molecule is COCCNCc1cc(Cl)cc(Cl)c1OCC(C)C(N)=O. The predicted octanol–water partition coefficient (Wildman–Crippen LogP) is 2.23. The topological polar surface area (TPSA) is 73.6 Å². The van der Waals surface area contributed by atoms with Crippen molar-refractivity contribution in [1.82, 2.24) is 5.32 Å². The molecule has 1 rings (SSSR count). The van der Waals surface area contributed by atoms with E-state index in [0.717, 1.165) is 5.56 Å². The van der Waals surface area contributed by atoms with Crippen LogP contribution in [0.3, 0.4) is 0 Å². The molecule has 1 aromatic rings. The second kappa shape index (κ2) is 9.10. The molecule has 0 bridgehead atoms. The van der Waals surface area contributed by atoms with Crippen molar-refractivity contribution in [3.8, 4) is 5.75 Å². The maximum atomic E-state index is 11.1. The molecule has 0 spiro atoms. The Kier molecular flexibility index (Phi) is 7.82. The minimum atomic E-state index is -0.417. The molecule has 118 valence electrons. The third-order valence-corrected chi connectivity index (χ3v) is 3.35. The van der Waals surface area contributed by atoms with Crippen molar-refractivity contribution in [2.75, 3.05) is 26.9 Å². The number of rotatable bonds is 9. The van der Waals surface area contributed by atoms with Gasteiger partial charge in [0.15, 0.2) is 0 Å². The number of nitrogens with two attached hydrogens (primary N) is 1. The van der Waals surface area contributed by atoms with Gasteiger partial charge in [0, 0.05) is 30.8 Å². The third-order valence-electron chi connectivity index (χ3n) is 2.85. The standard InChI is InChI=1S/C14H20Cl2N2O3/c1-9(14(17)19)8-21-13-10(7-18-3-4-20-2)5-11(15)6-12(13)16/h5-6,9,18H,3-4,7-8H2,1-2H3,(H2,17,19). The first-order valence-corrected chi connectivity index (χ1v) is 7.31. The number of hydrogen-bond acceptors (Lipinski definition) is 4. The number of halogens is 2. The first-order valence-electron chi connectivity index (χ1n) is 6.55. The quantitative estimate of drug-likeness (QED) is 0.679.